The second-order valence-electron chi connectivity index (χ2n) is 4.79. The van der Waals surface area contributed by atoms with Crippen LogP contribution in [0.1, 0.15) is 26.2 Å². The Bertz CT molecular complexity index is 534. The third-order valence-electron chi connectivity index (χ3n) is 3.29. The number of unbranched alkanes of at least 4 members (excludes halogenated alkanes) is 2. The minimum absolute atomic E-state index is 0.688. The first-order chi connectivity index (χ1) is 9.22. The van der Waals surface area contributed by atoms with Gasteiger partial charge >= 0.3 is 0 Å². The normalized spacial score (nSPS) is 11.3. The highest BCUT2D eigenvalue weighted by atomic mass is 35.5. The minimum Gasteiger partial charge on any atom is -0.346 e. The molecule has 0 bridgehead atoms. The smallest absolute Gasteiger partial charge is 0.0514 e. The Morgan fingerprint density at radius 3 is 2.79 bits per heavy atom. The van der Waals surface area contributed by atoms with Crippen molar-refractivity contribution in [3.8, 4) is 0 Å². The summed E-state index contributed by atoms with van der Waals surface area (Å²) < 4.78 is 2.19. The lowest BCUT2D eigenvalue weighted by molar-refractivity contribution is 0.576. The average Bonchev–Trinajstić information content (AvgIpc) is 2.77. The molecule has 104 valence electrons. The van der Waals surface area contributed by atoms with Gasteiger partial charge in [-0.25, -0.2) is 0 Å². The Morgan fingerprint density at radius 1 is 1.16 bits per heavy atom. The first-order valence-corrected chi connectivity index (χ1v) is 7.62. The first-order valence-electron chi connectivity index (χ1n) is 6.87. The lowest BCUT2D eigenvalue weighted by atomic mass is 10.2. The number of fused-ring (bicyclic) bond motifs is 1. The molecule has 19 heavy (non-hydrogen) atoms. The van der Waals surface area contributed by atoms with Gasteiger partial charge in [0.05, 0.1) is 10.5 Å². The molecule has 0 saturated carbocycles. The highest BCUT2D eigenvalue weighted by molar-refractivity contribution is 6.38. The van der Waals surface area contributed by atoms with E-state index < -0.39 is 0 Å². The highest BCUT2D eigenvalue weighted by Gasteiger charge is 2.06. The molecule has 0 unspecified atom stereocenters. The Balaban J connectivity index is 1.94. The van der Waals surface area contributed by atoms with E-state index in [1.807, 2.05) is 12.1 Å². The highest BCUT2D eigenvalue weighted by Crippen LogP contribution is 2.28. The summed E-state index contributed by atoms with van der Waals surface area (Å²) in [4.78, 5) is 0. The van der Waals surface area contributed by atoms with Gasteiger partial charge in [0.1, 0.15) is 0 Å². The Labute approximate surface area is 124 Å². The Morgan fingerprint density at radius 2 is 2.00 bits per heavy atom. The number of nitrogens with one attached hydrogen (secondary N) is 1. The van der Waals surface area contributed by atoms with Crippen LogP contribution >= 0.6 is 23.2 Å². The van der Waals surface area contributed by atoms with E-state index in [1.54, 1.807) is 6.07 Å². The molecule has 0 aliphatic heterocycles. The van der Waals surface area contributed by atoms with E-state index in [0.717, 1.165) is 35.6 Å². The third-order valence-corrected chi connectivity index (χ3v) is 3.82. The fourth-order valence-corrected chi connectivity index (χ4v) is 2.78. The molecule has 2 aromatic rings. The third kappa shape index (κ3) is 3.88. The lowest BCUT2D eigenvalue weighted by Crippen LogP contribution is -2.20. The maximum atomic E-state index is 6.18. The van der Waals surface area contributed by atoms with Crippen LogP contribution in [0.4, 0.5) is 0 Å². The summed E-state index contributed by atoms with van der Waals surface area (Å²) in [5.74, 6) is 0. The molecular formula is C15H20Cl2N2. The van der Waals surface area contributed by atoms with Crippen molar-refractivity contribution in [1.29, 1.82) is 0 Å². The van der Waals surface area contributed by atoms with Crippen LogP contribution in [0, 0.1) is 0 Å². The van der Waals surface area contributed by atoms with E-state index in [9.17, 15) is 0 Å². The second kappa shape index (κ2) is 7.18. The van der Waals surface area contributed by atoms with Gasteiger partial charge < -0.3 is 9.88 Å². The molecule has 0 saturated heterocycles. The van der Waals surface area contributed by atoms with Gasteiger partial charge in [-0.05, 0) is 31.2 Å². The Hall–Kier alpha value is -0.700. The second-order valence-corrected chi connectivity index (χ2v) is 5.63. The van der Waals surface area contributed by atoms with Crippen molar-refractivity contribution in [2.24, 2.45) is 0 Å². The van der Waals surface area contributed by atoms with Crippen LogP contribution in [0.15, 0.2) is 24.4 Å². The van der Waals surface area contributed by atoms with E-state index >= 15 is 0 Å². The van der Waals surface area contributed by atoms with Gasteiger partial charge in [-0.1, -0.05) is 43.0 Å². The molecule has 0 aliphatic rings. The maximum Gasteiger partial charge on any atom is 0.0514 e. The van der Waals surface area contributed by atoms with Crippen LogP contribution < -0.4 is 5.32 Å². The molecule has 0 fully saturated rings. The predicted octanol–water partition coefficient (Wildman–Crippen LogP) is 4.73. The van der Waals surface area contributed by atoms with Gasteiger partial charge in [-0.15, -0.1) is 0 Å². The zero-order valence-electron chi connectivity index (χ0n) is 11.3. The summed E-state index contributed by atoms with van der Waals surface area (Å²) in [5.41, 5.74) is 1.10. The molecule has 0 radical (unpaired) electrons. The molecule has 0 spiro atoms. The van der Waals surface area contributed by atoms with Crippen molar-refractivity contribution in [2.45, 2.75) is 32.7 Å². The van der Waals surface area contributed by atoms with E-state index in [1.165, 1.54) is 19.3 Å². The largest absolute Gasteiger partial charge is 0.346 e. The van der Waals surface area contributed by atoms with Crippen LogP contribution in [0.3, 0.4) is 0 Å². The zero-order chi connectivity index (χ0) is 13.7. The fraction of sp³-hybridized carbons (Fsp3) is 0.467. The van der Waals surface area contributed by atoms with Gasteiger partial charge in [0.15, 0.2) is 0 Å². The number of benzene rings is 1. The fourth-order valence-electron chi connectivity index (χ4n) is 2.24. The van der Waals surface area contributed by atoms with Gasteiger partial charge in [0.2, 0.25) is 0 Å². The van der Waals surface area contributed by atoms with Gasteiger partial charge in [0, 0.05) is 29.7 Å². The molecule has 0 atom stereocenters. The van der Waals surface area contributed by atoms with Crippen LogP contribution in [0.25, 0.3) is 10.9 Å². The van der Waals surface area contributed by atoms with Gasteiger partial charge in [0.25, 0.3) is 0 Å². The van der Waals surface area contributed by atoms with Crippen molar-refractivity contribution < 1.29 is 0 Å². The summed E-state index contributed by atoms with van der Waals surface area (Å²) in [7, 11) is 0. The first kappa shape index (κ1) is 14.7. The molecule has 1 N–H and O–H groups in total. The lowest BCUT2D eigenvalue weighted by Gasteiger charge is -2.08. The molecule has 1 aromatic heterocycles. The molecular weight excluding hydrogens is 279 g/mol. The van der Waals surface area contributed by atoms with Gasteiger partial charge in [-0.2, -0.15) is 0 Å². The van der Waals surface area contributed by atoms with E-state index in [2.05, 4.69) is 23.0 Å². The van der Waals surface area contributed by atoms with Crippen molar-refractivity contribution in [3.63, 3.8) is 0 Å². The monoisotopic (exact) mass is 298 g/mol. The summed E-state index contributed by atoms with van der Waals surface area (Å²) in [6.45, 7) is 5.22. The SMILES string of the molecule is CCCCCNCCn1ccc2c(Cl)cc(Cl)cc21. The number of hydrogen-bond donors (Lipinski definition) is 1. The Kier molecular flexibility index (Phi) is 5.56. The average molecular weight is 299 g/mol. The van der Waals surface area contributed by atoms with Crippen molar-refractivity contribution >= 4 is 34.1 Å². The van der Waals surface area contributed by atoms with Crippen LogP contribution in [-0.2, 0) is 6.54 Å². The molecule has 4 heteroatoms. The molecule has 0 amide bonds. The van der Waals surface area contributed by atoms with E-state index in [4.69, 9.17) is 23.2 Å². The molecule has 1 aromatic carbocycles. The summed E-state index contributed by atoms with van der Waals surface area (Å²) in [6, 6.07) is 5.81. The summed E-state index contributed by atoms with van der Waals surface area (Å²) in [6.07, 6.45) is 5.88. The molecule has 1 heterocycles. The van der Waals surface area contributed by atoms with Crippen molar-refractivity contribution in [3.05, 3.63) is 34.4 Å². The zero-order valence-corrected chi connectivity index (χ0v) is 12.8. The number of halogens is 2. The van der Waals surface area contributed by atoms with E-state index in [-0.39, 0.29) is 0 Å². The summed E-state index contributed by atoms with van der Waals surface area (Å²) in [5, 5.41) is 5.94. The molecule has 0 aliphatic carbocycles. The number of rotatable bonds is 7. The molecule has 2 rings (SSSR count). The van der Waals surface area contributed by atoms with Crippen LogP contribution in [-0.4, -0.2) is 17.7 Å². The standard InChI is InChI=1S/C15H20Cl2N2/c1-2-3-4-6-18-7-9-19-8-5-13-14(17)10-12(16)11-15(13)19/h5,8,10-11,18H,2-4,6-7,9H2,1H3. The number of nitrogens with zero attached hydrogens (tertiary/aromatic N) is 1. The van der Waals surface area contributed by atoms with Gasteiger partial charge in [-0.3, -0.25) is 0 Å². The minimum atomic E-state index is 0.688. The van der Waals surface area contributed by atoms with Crippen LogP contribution in [0.5, 0.6) is 0 Å². The topological polar surface area (TPSA) is 17.0 Å². The molecule has 2 nitrogen and oxygen atoms in total. The maximum absolute atomic E-state index is 6.18. The van der Waals surface area contributed by atoms with Crippen LogP contribution in [0.2, 0.25) is 10.0 Å². The number of aromatic nitrogens is 1. The summed E-state index contributed by atoms with van der Waals surface area (Å²) >= 11 is 12.2. The predicted molar refractivity (Wildman–Crippen MR) is 84.4 cm³/mol. The number of hydrogen-bond acceptors (Lipinski definition) is 1. The van der Waals surface area contributed by atoms with E-state index in [0.29, 0.717) is 5.02 Å². The van der Waals surface area contributed by atoms with Crippen molar-refractivity contribution in [1.82, 2.24) is 9.88 Å². The van der Waals surface area contributed by atoms with Crippen molar-refractivity contribution in [2.75, 3.05) is 13.1 Å². The quantitative estimate of drug-likeness (QED) is 0.731.